The molecule has 8 nitrogen and oxygen atoms in total. The number of aliphatic carboxylic acids is 1. The molecular formula is C13H28BCl2N3O5. The summed E-state index contributed by atoms with van der Waals surface area (Å²) in [5.74, 6) is -1.76. The van der Waals surface area contributed by atoms with Gasteiger partial charge in [0, 0.05) is 13.1 Å². The largest absolute Gasteiger partial charge is 0.480 e. The van der Waals surface area contributed by atoms with Crippen LogP contribution in [0.5, 0.6) is 0 Å². The summed E-state index contributed by atoms with van der Waals surface area (Å²) < 4.78 is 0. The fourth-order valence-electron chi connectivity index (χ4n) is 2.76. The summed E-state index contributed by atoms with van der Waals surface area (Å²) in [6.45, 7) is 3.88. The number of carbonyl (C=O) groups is 2. The maximum absolute atomic E-state index is 12.4. The lowest BCUT2D eigenvalue weighted by Crippen LogP contribution is -2.64. The summed E-state index contributed by atoms with van der Waals surface area (Å²) in [7, 11) is -1.46. The average molecular weight is 388 g/mol. The Balaban J connectivity index is 0. The van der Waals surface area contributed by atoms with E-state index in [9.17, 15) is 14.7 Å². The summed E-state index contributed by atoms with van der Waals surface area (Å²) in [5.41, 5.74) is 10.3. The molecule has 7 N–H and O–H groups in total. The first-order valence-corrected chi connectivity index (χ1v) is 7.49. The van der Waals surface area contributed by atoms with Gasteiger partial charge in [0.1, 0.15) is 5.54 Å². The highest BCUT2D eigenvalue weighted by atomic mass is 35.5. The zero-order chi connectivity index (χ0) is 17.1. The molecule has 1 heterocycles. The fraction of sp³-hybridized carbons (Fsp3) is 0.846. The van der Waals surface area contributed by atoms with Crippen molar-refractivity contribution in [3.8, 4) is 0 Å². The van der Waals surface area contributed by atoms with Crippen LogP contribution in [-0.2, 0) is 9.59 Å². The summed E-state index contributed by atoms with van der Waals surface area (Å²) in [4.78, 5) is 25.2. The molecule has 3 atom stereocenters. The van der Waals surface area contributed by atoms with Gasteiger partial charge in [-0.05, 0) is 24.6 Å². The molecule has 1 aliphatic rings. The van der Waals surface area contributed by atoms with Crippen molar-refractivity contribution >= 4 is 43.8 Å². The van der Waals surface area contributed by atoms with Crippen LogP contribution in [0, 0.1) is 11.8 Å². The third-order valence-corrected chi connectivity index (χ3v) is 4.18. The van der Waals surface area contributed by atoms with Crippen LogP contribution < -0.4 is 11.5 Å². The van der Waals surface area contributed by atoms with E-state index in [0.29, 0.717) is 13.0 Å². The van der Waals surface area contributed by atoms with E-state index in [0.717, 1.165) is 0 Å². The van der Waals surface area contributed by atoms with Crippen LogP contribution in [0.3, 0.4) is 0 Å². The molecule has 24 heavy (non-hydrogen) atoms. The maximum Gasteiger partial charge on any atom is 0.451 e. The Labute approximate surface area is 154 Å². The van der Waals surface area contributed by atoms with Crippen molar-refractivity contribution in [2.45, 2.75) is 44.6 Å². The number of likely N-dealkylation sites (tertiary alicyclic amines) is 1. The first-order valence-electron chi connectivity index (χ1n) is 7.49. The number of hydrogen-bond donors (Lipinski definition) is 5. The van der Waals surface area contributed by atoms with Crippen molar-refractivity contribution < 1.29 is 24.7 Å². The molecular weight excluding hydrogens is 360 g/mol. The highest BCUT2D eigenvalue weighted by Gasteiger charge is 2.44. The Morgan fingerprint density at radius 1 is 1.33 bits per heavy atom. The maximum atomic E-state index is 12.4. The monoisotopic (exact) mass is 387 g/mol. The molecule has 0 spiro atoms. The van der Waals surface area contributed by atoms with E-state index in [1.807, 2.05) is 13.8 Å². The fourth-order valence-corrected chi connectivity index (χ4v) is 2.76. The Hall–Kier alpha value is -0.575. The molecule has 0 aromatic heterocycles. The predicted molar refractivity (Wildman–Crippen MR) is 96.2 cm³/mol. The van der Waals surface area contributed by atoms with Crippen molar-refractivity contribution in [1.82, 2.24) is 4.90 Å². The zero-order valence-corrected chi connectivity index (χ0v) is 15.6. The average Bonchev–Trinajstić information content (AvgIpc) is 2.42. The molecule has 0 aromatic rings. The number of amides is 1. The van der Waals surface area contributed by atoms with Crippen LogP contribution in [0.25, 0.3) is 0 Å². The SMILES string of the molecule is CC(C)C(N)C(=O)N1C[C@@H](CCB(O)O)C[C@](N)(C(=O)O)C1.Cl.Cl. The lowest BCUT2D eigenvalue weighted by molar-refractivity contribution is -0.149. The minimum Gasteiger partial charge on any atom is -0.480 e. The Kier molecular flexibility index (Phi) is 11.1. The van der Waals surface area contributed by atoms with Crippen LogP contribution in [0.2, 0.25) is 6.32 Å². The minimum atomic E-state index is -1.53. The Morgan fingerprint density at radius 2 is 1.88 bits per heavy atom. The van der Waals surface area contributed by atoms with Gasteiger partial charge >= 0.3 is 13.1 Å². The van der Waals surface area contributed by atoms with Gasteiger partial charge in [-0.2, -0.15) is 0 Å². The highest BCUT2D eigenvalue weighted by Crippen LogP contribution is 2.28. The van der Waals surface area contributed by atoms with E-state index in [2.05, 4.69) is 0 Å². The molecule has 0 saturated carbocycles. The third kappa shape index (κ3) is 6.74. The zero-order valence-electron chi connectivity index (χ0n) is 13.9. The number of piperidine rings is 1. The number of carboxylic acids is 1. The van der Waals surface area contributed by atoms with Crippen molar-refractivity contribution in [2.24, 2.45) is 23.3 Å². The Bertz CT molecular complexity index is 430. The number of halogens is 2. The van der Waals surface area contributed by atoms with E-state index in [1.54, 1.807) is 0 Å². The summed E-state index contributed by atoms with van der Waals surface area (Å²) in [5, 5.41) is 27.3. The molecule has 0 aromatic carbocycles. The van der Waals surface area contributed by atoms with Gasteiger partial charge in [-0.3, -0.25) is 9.59 Å². The van der Waals surface area contributed by atoms with Crippen molar-refractivity contribution in [1.29, 1.82) is 0 Å². The number of nitrogens with two attached hydrogens (primary N) is 2. The topological polar surface area (TPSA) is 150 Å². The number of carboxylic acid groups (broad SMARTS) is 1. The number of hydrogen-bond acceptors (Lipinski definition) is 6. The molecule has 1 fully saturated rings. The predicted octanol–water partition coefficient (Wildman–Crippen LogP) is -0.693. The van der Waals surface area contributed by atoms with E-state index >= 15 is 0 Å². The van der Waals surface area contributed by atoms with Crippen LogP contribution >= 0.6 is 24.8 Å². The lowest BCUT2D eigenvalue weighted by atomic mass is 9.75. The summed E-state index contributed by atoms with van der Waals surface area (Å²) in [6.07, 6.45) is 0.680. The van der Waals surface area contributed by atoms with Crippen molar-refractivity contribution in [2.75, 3.05) is 13.1 Å². The van der Waals surface area contributed by atoms with Crippen LogP contribution in [0.1, 0.15) is 26.7 Å². The number of carbonyl (C=O) groups excluding carboxylic acids is 1. The second-order valence-corrected chi connectivity index (χ2v) is 6.58. The molecule has 11 heteroatoms. The summed E-state index contributed by atoms with van der Waals surface area (Å²) >= 11 is 0. The van der Waals surface area contributed by atoms with Gasteiger partial charge in [0.05, 0.1) is 6.04 Å². The van der Waals surface area contributed by atoms with E-state index in [-0.39, 0.29) is 61.8 Å². The molecule has 0 radical (unpaired) electrons. The molecule has 0 aliphatic carbocycles. The number of rotatable bonds is 6. The van der Waals surface area contributed by atoms with Gasteiger partial charge in [-0.15, -0.1) is 24.8 Å². The molecule has 142 valence electrons. The molecule has 1 amide bonds. The molecule has 1 unspecified atom stereocenters. The number of nitrogens with zero attached hydrogens (tertiary/aromatic N) is 1. The smallest absolute Gasteiger partial charge is 0.451 e. The second-order valence-electron chi connectivity index (χ2n) is 6.58. The first kappa shape index (κ1) is 25.7. The van der Waals surface area contributed by atoms with Gasteiger partial charge in [0.2, 0.25) is 5.91 Å². The van der Waals surface area contributed by atoms with Gasteiger partial charge in [0.25, 0.3) is 0 Å². The lowest BCUT2D eigenvalue weighted by Gasteiger charge is -2.43. The van der Waals surface area contributed by atoms with Crippen LogP contribution in [0.4, 0.5) is 0 Å². The van der Waals surface area contributed by atoms with Crippen LogP contribution in [0.15, 0.2) is 0 Å². The van der Waals surface area contributed by atoms with Crippen LogP contribution in [-0.4, -0.2) is 63.7 Å². The quantitative estimate of drug-likeness (QED) is 0.378. The highest BCUT2D eigenvalue weighted by molar-refractivity contribution is 6.40. The van der Waals surface area contributed by atoms with Crippen molar-refractivity contribution in [3.63, 3.8) is 0 Å². The van der Waals surface area contributed by atoms with E-state index < -0.39 is 24.7 Å². The first-order chi connectivity index (χ1) is 10.1. The van der Waals surface area contributed by atoms with E-state index in [4.69, 9.17) is 21.5 Å². The van der Waals surface area contributed by atoms with E-state index in [1.165, 1.54) is 4.90 Å². The van der Waals surface area contributed by atoms with Crippen molar-refractivity contribution in [3.05, 3.63) is 0 Å². The molecule has 1 aliphatic heterocycles. The molecule has 1 rings (SSSR count). The normalized spacial score (nSPS) is 24.6. The minimum absolute atomic E-state index is 0. The van der Waals surface area contributed by atoms with Gasteiger partial charge in [-0.1, -0.05) is 20.3 Å². The standard InChI is InChI=1S/C13H26BN3O5.2ClH/c1-8(2)10(15)11(18)17-6-9(3-4-14(21)22)5-13(16,7-17)12(19)20;;/h8-10,21-22H,3-7,15-16H2,1-2H3,(H,19,20);2*1H/t9-,10?,13+;;/m0../s1. The van der Waals surface area contributed by atoms with Gasteiger partial charge in [-0.25, -0.2) is 0 Å². The second kappa shape index (κ2) is 10.4. The summed E-state index contributed by atoms with van der Waals surface area (Å²) in [6, 6.07) is -0.708. The van der Waals surface area contributed by atoms with Gasteiger partial charge < -0.3 is 31.5 Å². The molecule has 0 bridgehead atoms. The Morgan fingerprint density at radius 3 is 2.29 bits per heavy atom. The third-order valence-electron chi connectivity index (χ3n) is 4.18. The molecule has 1 saturated heterocycles. The van der Waals surface area contributed by atoms with Gasteiger partial charge in [0.15, 0.2) is 0 Å².